The molecule has 0 radical (unpaired) electrons. The second-order valence-electron chi connectivity index (χ2n) is 4.42. The van der Waals surface area contributed by atoms with Crippen molar-refractivity contribution in [2.45, 2.75) is 13.5 Å². The Labute approximate surface area is 126 Å². The van der Waals surface area contributed by atoms with Crippen molar-refractivity contribution >= 4 is 29.2 Å². The van der Waals surface area contributed by atoms with Gasteiger partial charge in [-0.1, -0.05) is 0 Å². The molecule has 0 atom stereocenters. The molecule has 1 aromatic rings. The summed E-state index contributed by atoms with van der Waals surface area (Å²) in [6.45, 7) is 3.42. The minimum absolute atomic E-state index is 0.0786. The molecule has 1 aromatic heterocycles. The molecule has 21 heavy (non-hydrogen) atoms. The minimum Gasteiger partial charge on any atom is -0.355 e. The van der Waals surface area contributed by atoms with Gasteiger partial charge in [0.2, 0.25) is 5.91 Å². The number of nitrogens with one attached hydrogen (secondary N) is 3. The number of hydrogen-bond acceptors (Lipinski definition) is 5. The number of carbonyl (C=O) groups excluding carboxylic acids is 2. The van der Waals surface area contributed by atoms with E-state index in [1.54, 1.807) is 18.4 Å². The Morgan fingerprint density at radius 2 is 2.33 bits per heavy atom. The first-order valence-electron chi connectivity index (χ1n) is 6.54. The fourth-order valence-corrected chi connectivity index (χ4v) is 2.56. The molecular weight excluding hydrogens is 292 g/mol. The lowest BCUT2D eigenvalue weighted by Crippen LogP contribution is -2.43. The molecule has 3 amide bonds. The van der Waals surface area contributed by atoms with Gasteiger partial charge in [-0.3, -0.25) is 14.7 Å². The number of aromatic nitrogens is 1. The van der Waals surface area contributed by atoms with Gasteiger partial charge in [-0.25, -0.2) is 9.78 Å². The van der Waals surface area contributed by atoms with E-state index in [1.807, 2.05) is 13.1 Å². The van der Waals surface area contributed by atoms with E-state index in [1.165, 1.54) is 4.90 Å². The predicted octanol–water partition coefficient (Wildman–Crippen LogP) is -0.332. The number of aliphatic imine (C=N–C) groups is 1. The van der Waals surface area contributed by atoms with Crippen LogP contribution in [0.15, 0.2) is 11.2 Å². The van der Waals surface area contributed by atoms with Crippen molar-refractivity contribution in [2.24, 2.45) is 4.99 Å². The Kier molecular flexibility index (Phi) is 5.09. The molecule has 0 spiro atoms. The fourth-order valence-electron chi connectivity index (χ4n) is 1.83. The van der Waals surface area contributed by atoms with Gasteiger partial charge in [0, 0.05) is 31.2 Å². The highest BCUT2D eigenvalue weighted by molar-refractivity contribution is 7.11. The largest absolute Gasteiger partial charge is 0.355 e. The third-order valence-electron chi connectivity index (χ3n) is 2.86. The smallest absolute Gasteiger partial charge is 0.324 e. The Balaban J connectivity index is 1.73. The topological polar surface area (TPSA) is 98.7 Å². The summed E-state index contributed by atoms with van der Waals surface area (Å²) in [5.74, 6) is 0.401. The van der Waals surface area contributed by atoms with Crippen LogP contribution in [0.3, 0.4) is 0 Å². The van der Waals surface area contributed by atoms with E-state index < -0.39 is 0 Å². The van der Waals surface area contributed by atoms with Gasteiger partial charge in [-0.2, -0.15) is 0 Å². The van der Waals surface area contributed by atoms with Crippen molar-refractivity contribution < 1.29 is 9.59 Å². The van der Waals surface area contributed by atoms with Crippen molar-refractivity contribution in [3.63, 3.8) is 0 Å². The lowest BCUT2D eigenvalue weighted by molar-refractivity contribution is -0.124. The normalized spacial score (nSPS) is 15.3. The number of hydrogen-bond donors (Lipinski definition) is 3. The summed E-state index contributed by atoms with van der Waals surface area (Å²) < 4.78 is 0. The van der Waals surface area contributed by atoms with E-state index in [4.69, 9.17) is 0 Å². The monoisotopic (exact) mass is 310 g/mol. The van der Waals surface area contributed by atoms with Gasteiger partial charge < -0.3 is 16.0 Å². The van der Waals surface area contributed by atoms with E-state index >= 15 is 0 Å². The summed E-state index contributed by atoms with van der Waals surface area (Å²) in [5, 5.41) is 9.64. The van der Waals surface area contributed by atoms with Crippen LogP contribution in [0.25, 0.3) is 0 Å². The fraction of sp³-hybridized carbons (Fsp3) is 0.500. The molecule has 0 aliphatic carbocycles. The van der Waals surface area contributed by atoms with Gasteiger partial charge in [0.15, 0.2) is 5.96 Å². The van der Waals surface area contributed by atoms with Crippen LogP contribution >= 0.6 is 11.3 Å². The number of imide groups is 1. The summed E-state index contributed by atoms with van der Waals surface area (Å²) >= 11 is 1.62. The van der Waals surface area contributed by atoms with Gasteiger partial charge in [0.1, 0.15) is 5.01 Å². The average molecular weight is 310 g/mol. The van der Waals surface area contributed by atoms with Crippen LogP contribution in [0.4, 0.5) is 4.79 Å². The van der Waals surface area contributed by atoms with Gasteiger partial charge in [0.25, 0.3) is 0 Å². The Bertz CT molecular complexity index is 540. The molecule has 114 valence electrons. The van der Waals surface area contributed by atoms with Crippen LogP contribution in [-0.4, -0.2) is 54.5 Å². The molecule has 3 N–H and O–H groups in total. The van der Waals surface area contributed by atoms with E-state index in [0.29, 0.717) is 25.6 Å². The maximum atomic E-state index is 11.4. The molecule has 9 heteroatoms. The first-order chi connectivity index (χ1) is 10.1. The number of thiazole rings is 1. The number of amides is 3. The van der Waals surface area contributed by atoms with Gasteiger partial charge in [-0.15, -0.1) is 11.3 Å². The lowest BCUT2D eigenvalue weighted by atomic mass is 10.5. The molecular formula is C12H18N6O2S. The van der Waals surface area contributed by atoms with Crippen molar-refractivity contribution in [1.29, 1.82) is 0 Å². The quantitative estimate of drug-likeness (QED) is 0.393. The molecule has 1 aliphatic rings. The highest BCUT2D eigenvalue weighted by Gasteiger charge is 2.27. The molecule has 0 unspecified atom stereocenters. The molecule has 1 fully saturated rings. The SMILES string of the molecule is CN=C(NCCN1C(=O)CNC1=O)NCc1ncc(C)s1. The number of guanidine groups is 1. The zero-order valence-corrected chi connectivity index (χ0v) is 12.8. The van der Waals surface area contributed by atoms with E-state index in [0.717, 1.165) is 9.88 Å². The summed E-state index contributed by atoms with van der Waals surface area (Å²) in [4.78, 5) is 33.4. The van der Waals surface area contributed by atoms with E-state index in [-0.39, 0.29) is 18.5 Å². The third kappa shape index (κ3) is 4.15. The van der Waals surface area contributed by atoms with Gasteiger partial charge in [-0.05, 0) is 6.92 Å². The number of aryl methyl sites for hydroxylation is 1. The van der Waals surface area contributed by atoms with Crippen LogP contribution in [0, 0.1) is 6.92 Å². The minimum atomic E-state index is -0.344. The first kappa shape index (κ1) is 15.2. The Morgan fingerprint density at radius 1 is 1.52 bits per heavy atom. The Hall–Kier alpha value is -2.16. The zero-order chi connectivity index (χ0) is 15.2. The highest BCUT2D eigenvalue weighted by atomic mass is 32.1. The summed E-state index contributed by atoms with van der Waals surface area (Å²) in [5.41, 5.74) is 0. The third-order valence-corrected chi connectivity index (χ3v) is 3.78. The van der Waals surface area contributed by atoms with E-state index in [2.05, 4.69) is 25.9 Å². The van der Waals surface area contributed by atoms with Crippen LogP contribution in [0.1, 0.15) is 9.88 Å². The predicted molar refractivity (Wildman–Crippen MR) is 80.2 cm³/mol. The van der Waals surface area contributed by atoms with Crippen LogP contribution in [-0.2, 0) is 11.3 Å². The molecule has 1 saturated heterocycles. The number of carbonyl (C=O) groups is 2. The number of urea groups is 1. The van der Waals surface area contributed by atoms with E-state index in [9.17, 15) is 9.59 Å². The number of nitrogens with zero attached hydrogens (tertiary/aromatic N) is 3. The molecule has 2 heterocycles. The maximum Gasteiger partial charge on any atom is 0.324 e. The standard InChI is InChI=1S/C12H18N6O2S/c1-8-5-15-9(21-8)6-16-11(13-2)14-3-4-18-10(19)7-17-12(18)20/h5H,3-4,6-7H2,1-2H3,(H,17,20)(H2,13,14,16). The summed E-state index contributed by atoms with van der Waals surface area (Å²) in [7, 11) is 1.66. The first-order valence-corrected chi connectivity index (χ1v) is 7.36. The Morgan fingerprint density at radius 3 is 2.90 bits per heavy atom. The van der Waals surface area contributed by atoms with Crippen LogP contribution < -0.4 is 16.0 Å². The maximum absolute atomic E-state index is 11.4. The number of rotatable bonds is 5. The lowest BCUT2D eigenvalue weighted by Gasteiger charge is -2.15. The van der Waals surface area contributed by atoms with Crippen molar-refractivity contribution in [3.05, 3.63) is 16.1 Å². The van der Waals surface area contributed by atoms with Gasteiger partial charge >= 0.3 is 6.03 Å². The molecule has 0 saturated carbocycles. The van der Waals surface area contributed by atoms with Crippen LogP contribution in [0.5, 0.6) is 0 Å². The van der Waals surface area contributed by atoms with Crippen molar-refractivity contribution in [2.75, 3.05) is 26.7 Å². The molecule has 0 bridgehead atoms. The molecule has 2 rings (SSSR count). The molecule has 0 aromatic carbocycles. The highest BCUT2D eigenvalue weighted by Crippen LogP contribution is 2.10. The average Bonchev–Trinajstić information content (AvgIpc) is 3.02. The van der Waals surface area contributed by atoms with Crippen LogP contribution in [0.2, 0.25) is 0 Å². The summed E-state index contributed by atoms with van der Waals surface area (Å²) in [6.07, 6.45) is 1.83. The van der Waals surface area contributed by atoms with Crippen molar-refractivity contribution in [1.82, 2.24) is 25.8 Å². The zero-order valence-electron chi connectivity index (χ0n) is 12.0. The van der Waals surface area contributed by atoms with Gasteiger partial charge in [0.05, 0.1) is 13.1 Å². The second-order valence-corrected chi connectivity index (χ2v) is 5.74. The second kappa shape index (κ2) is 7.02. The molecule has 1 aliphatic heterocycles. The summed E-state index contributed by atoms with van der Waals surface area (Å²) in [6, 6.07) is -0.344. The molecule has 8 nitrogen and oxygen atoms in total. The van der Waals surface area contributed by atoms with Crippen molar-refractivity contribution in [3.8, 4) is 0 Å².